The molecule has 0 fully saturated rings. The average molecular weight is 230 g/mol. The lowest BCUT2D eigenvalue weighted by Gasteiger charge is -2.21. The quantitative estimate of drug-likeness (QED) is 0.539. The molecule has 0 saturated carbocycles. The second kappa shape index (κ2) is 7.70. The Morgan fingerprint density at radius 2 is 2.19 bits per heavy atom. The molecular formula is C10H18N2O4. The minimum atomic E-state index is -1.57. The zero-order valence-corrected chi connectivity index (χ0v) is 9.35. The van der Waals surface area contributed by atoms with E-state index in [4.69, 9.17) is 10.2 Å². The summed E-state index contributed by atoms with van der Waals surface area (Å²) >= 11 is 0. The van der Waals surface area contributed by atoms with Crippen molar-refractivity contribution in [3.63, 3.8) is 0 Å². The maximum atomic E-state index is 11.5. The molecule has 1 atom stereocenters. The zero-order chi connectivity index (χ0) is 12.6. The molecule has 0 bridgehead atoms. The van der Waals surface area contributed by atoms with Crippen molar-refractivity contribution in [2.45, 2.75) is 19.4 Å². The number of carbonyl (C=O) groups is 2. The van der Waals surface area contributed by atoms with Crippen LogP contribution >= 0.6 is 0 Å². The molecule has 0 spiro atoms. The molecule has 0 radical (unpaired) electrons. The Kier molecular flexibility index (Phi) is 6.95. The molecule has 0 rings (SSSR count). The van der Waals surface area contributed by atoms with E-state index >= 15 is 0 Å². The summed E-state index contributed by atoms with van der Waals surface area (Å²) in [6.07, 6.45) is 0.808. The molecule has 0 aromatic heterocycles. The van der Waals surface area contributed by atoms with Crippen molar-refractivity contribution in [1.29, 1.82) is 0 Å². The van der Waals surface area contributed by atoms with E-state index < -0.39 is 18.1 Å². The number of carbonyl (C=O) groups excluding carboxylic acids is 1. The first-order chi connectivity index (χ1) is 7.52. The van der Waals surface area contributed by atoms with Crippen LogP contribution in [0.1, 0.15) is 13.3 Å². The molecule has 2 amide bonds. The molecule has 16 heavy (non-hydrogen) atoms. The third-order valence-electron chi connectivity index (χ3n) is 1.86. The van der Waals surface area contributed by atoms with Gasteiger partial charge in [0.05, 0.1) is 6.54 Å². The van der Waals surface area contributed by atoms with Crippen LogP contribution in [0.4, 0.5) is 4.79 Å². The predicted molar refractivity (Wildman–Crippen MR) is 59.1 cm³/mol. The van der Waals surface area contributed by atoms with E-state index in [2.05, 4.69) is 11.9 Å². The molecule has 92 valence electrons. The first kappa shape index (κ1) is 14.4. The first-order valence-electron chi connectivity index (χ1n) is 5.07. The van der Waals surface area contributed by atoms with Gasteiger partial charge in [0.15, 0.2) is 6.10 Å². The molecule has 6 heteroatoms. The lowest BCUT2D eigenvalue weighted by molar-refractivity contribution is -0.146. The van der Waals surface area contributed by atoms with E-state index in [9.17, 15) is 9.59 Å². The van der Waals surface area contributed by atoms with E-state index in [1.807, 2.05) is 6.92 Å². The largest absolute Gasteiger partial charge is 0.479 e. The van der Waals surface area contributed by atoms with Gasteiger partial charge in [0.2, 0.25) is 0 Å². The van der Waals surface area contributed by atoms with Gasteiger partial charge in [0.25, 0.3) is 0 Å². The lowest BCUT2D eigenvalue weighted by Crippen LogP contribution is -2.44. The van der Waals surface area contributed by atoms with Crippen LogP contribution in [-0.2, 0) is 4.79 Å². The molecule has 0 aliphatic carbocycles. The van der Waals surface area contributed by atoms with Gasteiger partial charge in [-0.3, -0.25) is 0 Å². The maximum Gasteiger partial charge on any atom is 0.334 e. The van der Waals surface area contributed by atoms with E-state index in [1.165, 1.54) is 4.90 Å². The van der Waals surface area contributed by atoms with Gasteiger partial charge in [-0.2, -0.15) is 0 Å². The Balaban J connectivity index is 4.09. The molecule has 0 saturated heterocycles. The topological polar surface area (TPSA) is 89.9 Å². The summed E-state index contributed by atoms with van der Waals surface area (Å²) in [6, 6.07) is -0.401. The fourth-order valence-electron chi connectivity index (χ4n) is 1.08. The predicted octanol–water partition coefficient (Wildman–Crippen LogP) is 0.0395. The number of amides is 2. The Labute approximate surface area is 94.6 Å². The van der Waals surface area contributed by atoms with E-state index in [0.717, 1.165) is 6.42 Å². The number of aliphatic hydroxyl groups excluding tert-OH is 1. The number of urea groups is 1. The molecule has 1 unspecified atom stereocenters. The van der Waals surface area contributed by atoms with Gasteiger partial charge in [-0.25, -0.2) is 9.59 Å². The van der Waals surface area contributed by atoms with Crippen LogP contribution in [0.3, 0.4) is 0 Å². The van der Waals surface area contributed by atoms with Gasteiger partial charge in [-0.15, -0.1) is 6.58 Å². The Bertz CT molecular complexity index is 255. The summed E-state index contributed by atoms with van der Waals surface area (Å²) in [5, 5.41) is 19.7. The normalized spacial score (nSPS) is 11.6. The number of carboxylic acids is 1. The van der Waals surface area contributed by atoms with E-state index in [1.54, 1.807) is 6.08 Å². The number of nitrogens with one attached hydrogen (secondary N) is 1. The SMILES string of the molecule is C=CCN(CCC)C(=O)NCC(O)C(=O)O. The van der Waals surface area contributed by atoms with Crippen molar-refractivity contribution in [3.05, 3.63) is 12.7 Å². The van der Waals surface area contributed by atoms with Crippen molar-refractivity contribution in [2.24, 2.45) is 0 Å². The monoisotopic (exact) mass is 230 g/mol. The van der Waals surface area contributed by atoms with Gasteiger partial charge in [0, 0.05) is 13.1 Å². The van der Waals surface area contributed by atoms with Crippen molar-refractivity contribution in [3.8, 4) is 0 Å². The van der Waals surface area contributed by atoms with Crippen molar-refractivity contribution in [1.82, 2.24) is 10.2 Å². The number of hydrogen-bond acceptors (Lipinski definition) is 3. The molecule has 0 aliphatic rings. The van der Waals surface area contributed by atoms with Gasteiger partial charge in [-0.05, 0) is 6.42 Å². The Morgan fingerprint density at radius 3 is 2.62 bits per heavy atom. The van der Waals surface area contributed by atoms with Gasteiger partial charge < -0.3 is 20.4 Å². The average Bonchev–Trinajstić information content (AvgIpc) is 2.24. The van der Waals surface area contributed by atoms with Crippen molar-refractivity contribution >= 4 is 12.0 Å². The second-order valence-electron chi connectivity index (χ2n) is 3.27. The highest BCUT2D eigenvalue weighted by molar-refractivity contribution is 5.76. The highest BCUT2D eigenvalue weighted by Crippen LogP contribution is 1.93. The summed E-state index contributed by atoms with van der Waals surface area (Å²) in [4.78, 5) is 23.3. The number of carboxylic acid groups (broad SMARTS) is 1. The van der Waals surface area contributed by atoms with Crippen LogP contribution in [0, 0.1) is 0 Å². The zero-order valence-electron chi connectivity index (χ0n) is 9.35. The Hall–Kier alpha value is -1.56. The highest BCUT2D eigenvalue weighted by atomic mass is 16.4. The van der Waals surface area contributed by atoms with E-state index in [0.29, 0.717) is 13.1 Å². The fourth-order valence-corrected chi connectivity index (χ4v) is 1.08. The summed E-state index contributed by atoms with van der Waals surface area (Å²) in [5.41, 5.74) is 0. The molecule has 0 aromatic carbocycles. The number of nitrogens with zero attached hydrogens (tertiary/aromatic N) is 1. The van der Waals surface area contributed by atoms with Crippen LogP contribution in [-0.4, -0.2) is 52.9 Å². The maximum absolute atomic E-state index is 11.5. The standard InChI is InChI=1S/C10H18N2O4/c1-3-5-12(6-4-2)10(16)11-7-8(13)9(14)15/h3,8,13H,1,4-7H2,2H3,(H,11,16)(H,14,15). The number of aliphatic hydroxyl groups is 1. The van der Waals surface area contributed by atoms with Crippen molar-refractivity contribution < 1.29 is 19.8 Å². The number of hydrogen-bond donors (Lipinski definition) is 3. The summed E-state index contributed by atoms with van der Waals surface area (Å²) in [7, 11) is 0. The smallest absolute Gasteiger partial charge is 0.334 e. The molecular weight excluding hydrogens is 212 g/mol. The second-order valence-corrected chi connectivity index (χ2v) is 3.27. The van der Waals surface area contributed by atoms with Gasteiger partial charge in [0.1, 0.15) is 0 Å². The molecule has 0 heterocycles. The van der Waals surface area contributed by atoms with Gasteiger partial charge >= 0.3 is 12.0 Å². The van der Waals surface area contributed by atoms with Crippen molar-refractivity contribution in [2.75, 3.05) is 19.6 Å². The van der Waals surface area contributed by atoms with E-state index in [-0.39, 0.29) is 6.54 Å². The third-order valence-corrected chi connectivity index (χ3v) is 1.86. The Morgan fingerprint density at radius 1 is 1.56 bits per heavy atom. The number of rotatable bonds is 7. The van der Waals surface area contributed by atoms with Crippen LogP contribution in [0.5, 0.6) is 0 Å². The van der Waals surface area contributed by atoms with Crippen LogP contribution in [0.25, 0.3) is 0 Å². The minimum absolute atomic E-state index is 0.300. The third kappa shape index (κ3) is 5.35. The fraction of sp³-hybridized carbons (Fsp3) is 0.600. The molecule has 6 nitrogen and oxygen atoms in total. The van der Waals surface area contributed by atoms with Crippen LogP contribution < -0.4 is 5.32 Å². The molecule has 0 aliphatic heterocycles. The van der Waals surface area contributed by atoms with Crippen LogP contribution in [0.2, 0.25) is 0 Å². The summed E-state index contributed by atoms with van der Waals surface area (Å²) in [6.45, 7) is 6.10. The molecule has 0 aromatic rings. The minimum Gasteiger partial charge on any atom is -0.479 e. The first-order valence-corrected chi connectivity index (χ1v) is 5.07. The highest BCUT2D eigenvalue weighted by Gasteiger charge is 2.16. The van der Waals surface area contributed by atoms with Gasteiger partial charge in [-0.1, -0.05) is 13.0 Å². The summed E-state index contributed by atoms with van der Waals surface area (Å²) in [5.74, 6) is -1.36. The lowest BCUT2D eigenvalue weighted by atomic mass is 10.3. The summed E-state index contributed by atoms with van der Waals surface area (Å²) < 4.78 is 0. The number of aliphatic carboxylic acids is 1. The van der Waals surface area contributed by atoms with Crippen LogP contribution in [0.15, 0.2) is 12.7 Å². The molecule has 3 N–H and O–H groups in total.